The Morgan fingerprint density at radius 2 is 2.16 bits per heavy atom. The maximum Gasteiger partial charge on any atom is 0.0914 e. The SMILES string of the molecule is [CH2-][NH2+][C@@H](c1ccccc1)[C@@H](C)CN1CCC[C@@H](O)C1. The first-order valence-electron chi connectivity index (χ1n) is 7.28. The van der Waals surface area contributed by atoms with Gasteiger partial charge in [0.25, 0.3) is 0 Å². The Labute approximate surface area is 116 Å². The van der Waals surface area contributed by atoms with Crippen molar-refractivity contribution in [2.24, 2.45) is 5.92 Å². The van der Waals surface area contributed by atoms with Crippen LogP contribution in [-0.4, -0.2) is 35.7 Å². The standard InChI is InChI=1S/C16H26N2O/c1-13(11-18-10-6-9-15(19)12-18)16(17-2)14-7-4-3-5-8-14/h3-5,7-8,13,15-16,19H,2,6,9-12,17H2,1H3/t13-,15+,16+/m0/s1. The van der Waals surface area contributed by atoms with Crippen molar-refractivity contribution in [3.05, 3.63) is 42.9 Å². The summed E-state index contributed by atoms with van der Waals surface area (Å²) < 4.78 is 0. The number of piperidine rings is 1. The van der Waals surface area contributed by atoms with E-state index in [1.807, 2.05) is 0 Å². The summed E-state index contributed by atoms with van der Waals surface area (Å²) in [6.07, 6.45) is 1.92. The number of nitrogens with two attached hydrogens (primary N) is 1. The molecule has 2 rings (SSSR count). The van der Waals surface area contributed by atoms with Crippen molar-refractivity contribution in [2.45, 2.75) is 31.9 Å². The predicted molar refractivity (Wildman–Crippen MR) is 77.3 cm³/mol. The summed E-state index contributed by atoms with van der Waals surface area (Å²) in [5.41, 5.74) is 1.34. The first-order valence-corrected chi connectivity index (χ1v) is 7.28. The van der Waals surface area contributed by atoms with Crippen LogP contribution in [0.1, 0.15) is 31.4 Å². The third-order valence-electron chi connectivity index (χ3n) is 4.08. The van der Waals surface area contributed by atoms with E-state index < -0.39 is 0 Å². The maximum absolute atomic E-state index is 9.74. The quantitative estimate of drug-likeness (QED) is 0.782. The fraction of sp³-hybridized carbons (Fsp3) is 0.562. The molecule has 1 aliphatic heterocycles. The van der Waals surface area contributed by atoms with Gasteiger partial charge in [0.05, 0.1) is 12.1 Å². The van der Waals surface area contributed by atoms with Crippen LogP contribution in [0.15, 0.2) is 30.3 Å². The normalized spacial score (nSPS) is 24.1. The molecule has 0 aliphatic carbocycles. The topological polar surface area (TPSA) is 40.1 Å². The lowest BCUT2D eigenvalue weighted by Gasteiger charge is -2.34. The van der Waals surface area contributed by atoms with E-state index in [2.05, 4.69) is 54.5 Å². The molecule has 3 atom stereocenters. The van der Waals surface area contributed by atoms with Gasteiger partial charge in [-0.25, -0.2) is 0 Å². The molecule has 0 unspecified atom stereocenters. The molecule has 1 fully saturated rings. The van der Waals surface area contributed by atoms with Gasteiger partial charge < -0.3 is 15.3 Å². The summed E-state index contributed by atoms with van der Waals surface area (Å²) in [5, 5.41) is 11.8. The van der Waals surface area contributed by atoms with Crippen molar-refractivity contribution in [3.8, 4) is 0 Å². The second kappa shape index (κ2) is 7.04. The molecule has 19 heavy (non-hydrogen) atoms. The molecule has 0 radical (unpaired) electrons. The first kappa shape index (κ1) is 14.5. The van der Waals surface area contributed by atoms with Gasteiger partial charge in [-0.3, -0.25) is 0 Å². The minimum atomic E-state index is -0.139. The largest absolute Gasteiger partial charge is 0.472 e. The molecule has 1 aromatic rings. The van der Waals surface area contributed by atoms with Crippen LogP contribution >= 0.6 is 0 Å². The highest BCUT2D eigenvalue weighted by atomic mass is 16.3. The Morgan fingerprint density at radius 1 is 1.42 bits per heavy atom. The Balaban J connectivity index is 1.95. The second-order valence-corrected chi connectivity index (χ2v) is 5.71. The van der Waals surface area contributed by atoms with E-state index in [4.69, 9.17) is 0 Å². The van der Waals surface area contributed by atoms with Gasteiger partial charge in [0, 0.05) is 24.6 Å². The lowest BCUT2D eigenvalue weighted by Crippen LogP contribution is -2.80. The third kappa shape index (κ3) is 4.03. The van der Waals surface area contributed by atoms with Crippen LogP contribution in [0.2, 0.25) is 0 Å². The van der Waals surface area contributed by atoms with Crippen LogP contribution in [0, 0.1) is 13.0 Å². The van der Waals surface area contributed by atoms with Crippen molar-refractivity contribution >= 4 is 0 Å². The molecule has 0 bridgehead atoms. The highest BCUT2D eigenvalue weighted by Crippen LogP contribution is 2.20. The summed E-state index contributed by atoms with van der Waals surface area (Å²) in [6, 6.07) is 11.0. The van der Waals surface area contributed by atoms with Gasteiger partial charge in [0.2, 0.25) is 0 Å². The van der Waals surface area contributed by atoms with Gasteiger partial charge in [-0.05, 0) is 19.4 Å². The van der Waals surface area contributed by atoms with Gasteiger partial charge in [-0.2, -0.15) is 7.05 Å². The lowest BCUT2D eigenvalue weighted by molar-refractivity contribution is -0.648. The van der Waals surface area contributed by atoms with Crippen molar-refractivity contribution in [2.75, 3.05) is 19.6 Å². The average Bonchev–Trinajstić information content (AvgIpc) is 2.41. The van der Waals surface area contributed by atoms with E-state index in [9.17, 15) is 5.11 Å². The Kier molecular flexibility index (Phi) is 5.37. The highest BCUT2D eigenvalue weighted by molar-refractivity contribution is 5.17. The Bertz CT molecular complexity index is 368. The summed E-state index contributed by atoms with van der Waals surface area (Å²) in [6.45, 7) is 5.24. The van der Waals surface area contributed by atoms with Crippen LogP contribution in [0.5, 0.6) is 0 Å². The van der Waals surface area contributed by atoms with E-state index in [0.717, 1.165) is 32.5 Å². The summed E-state index contributed by atoms with van der Waals surface area (Å²) in [4.78, 5) is 2.39. The fourth-order valence-electron chi connectivity index (χ4n) is 3.09. The van der Waals surface area contributed by atoms with Gasteiger partial charge >= 0.3 is 0 Å². The molecule has 0 aromatic heterocycles. The zero-order valence-corrected chi connectivity index (χ0v) is 11.8. The van der Waals surface area contributed by atoms with E-state index >= 15 is 0 Å². The van der Waals surface area contributed by atoms with Crippen molar-refractivity contribution in [3.63, 3.8) is 0 Å². The molecule has 1 heterocycles. The number of hydrogen-bond donors (Lipinski definition) is 2. The van der Waals surface area contributed by atoms with Crippen molar-refractivity contribution < 1.29 is 10.4 Å². The predicted octanol–water partition coefficient (Wildman–Crippen LogP) is 1.18. The number of hydrogen-bond acceptors (Lipinski definition) is 2. The molecule has 0 saturated carbocycles. The fourth-order valence-corrected chi connectivity index (χ4v) is 3.09. The van der Waals surface area contributed by atoms with Crippen LogP contribution in [0.25, 0.3) is 0 Å². The molecular formula is C16H26N2O. The summed E-state index contributed by atoms with van der Waals surface area (Å²) >= 11 is 0. The Morgan fingerprint density at radius 3 is 2.79 bits per heavy atom. The monoisotopic (exact) mass is 262 g/mol. The van der Waals surface area contributed by atoms with Crippen LogP contribution < -0.4 is 5.32 Å². The highest BCUT2D eigenvalue weighted by Gasteiger charge is 2.24. The van der Waals surface area contributed by atoms with Gasteiger partial charge in [-0.15, -0.1) is 0 Å². The third-order valence-corrected chi connectivity index (χ3v) is 4.08. The smallest absolute Gasteiger partial charge is 0.0914 e. The van der Waals surface area contributed by atoms with E-state index in [-0.39, 0.29) is 6.10 Å². The number of aliphatic hydroxyl groups is 1. The summed E-state index contributed by atoms with van der Waals surface area (Å²) in [7, 11) is 4.00. The van der Waals surface area contributed by atoms with Gasteiger partial charge in [0.15, 0.2) is 0 Å². The molecule has 106 valence electrons. The zero-order chi connectivity index (χ0) is 13.7. The molecule has 1 saturated heterocycles. The molecule has 3 nitrogen and oxygen atoms in total. The first-order chi connectivity index (χ1) is 9.20. The summed E-state index contributed by atoms with van der Waals surface area (Å²) in [5.74, 6) is 0.519. The van der Waals surface area contributed by atoms with Crippen molar-refractivity contribution in [1.82, 2.24) is 4.90 Å². The second-order valence-electron chi connectivity index (χ2n) is 5.71. The number of β-amino-alcohol motifs (C(OH)–C–C–N with tert-alkyl or cyclic N) is 1. The lowest BCUT2D eigenvalue weighted by atomic mass is 9.93. The number of nitrogens with zero attached hydrogens (tertiary/aromatic N) is 1. The zero-order valence-electron chi connectivity index (χ0n) is 11.8. The number of likely N-dealkylation sites (tertiary alicyclic amines) is 1. The number of benzene rings is 1. The van der Waals surface area contributed by atoms with E-state index in [1.165, 1.54) is 5.56 Å². The molecule has 0 spiro atoms. The molecular weight excluding hydrogens is 236 g/mol. The number of rotatable bonds is 5. The van der Waals surface area contributed by atoms with E-state index in [0.29, 0.717) is 12.0 Å². The average molecular weight is 262 g/mol. The Hall–Kier alpha value is -0.900. The molecule has 0 amide bonds. The number of aliphatic hydroxyl groups excluding tert-OH is 1. The molecule has 3 N–H and O–H groups in total. The number of quaternary nitrogens is 1. The minimum absolute atomic E-state index is 0.139. The van der Waals surface area contributed by atoms with E-state index in [1.54, 1.807) is 0 Å². The van der Waals surface area contributed by atoms with Crippen LogP contribution in [0.3, 0.4) is 0 Å². The molecule has 3 heteroatoms. The molecule has 1 aliphatic rings. The van der Waals surface area contributed by atoms with Crippen LogP contribution in [0.4, 0.5) is 0 Å². The van der Waals surface area contributed by atoms with Crippen molar-refractivity contribution in [1.29, 1.82) is 0 Å². The maximum atomic E-state index is 9.74. The molecule has 1 aromatic carbocycles. The van der Waals surface area contributed by atoms with Crippen LogP contribution in [-0.2, 0) is 0 Å². The van der Waals surface area contributed by atoms with Gasteiger partial charge in [-0.1, -0.05) is 37.3 Å². The minimum Gasteiger partial charge on any atom is -0.472 e. The van der Waals surface area contributed by atoms with Gasteiger partial charge in [0.1, 0.15) is 0 Å².